The van der Waals surface area contributed by atoms with Gasteiger partial charge < -0.3 is 25.0 Å². The Morgan fingerprint density at radius 3 is 2.59 bits per heavy atom. The van der Waals surface area contributed by atoms with Crippen molar-refractivity contribution in [2.75, 3.05) is 25.1 Å². The van der Waals surface area contributed by atoms with Crippen molar-refractivity contribution in [1.82, 2.24) is 10.2 Å². The molecule has 3 amide bonds. The van der Waals surface area contributed by atoms with Gasteiger partial charge in [-0.2, -0.15) is 0 Å². The largest absolute Gasteiger partial charge is 0.382 e. The van der Waals surface area contributed by atoms with Crippen LogP contribution in [0.3, 0.4) is 0 Å². The molecule has 1 aromatic rings. The van der Waals surface area contributed by atoms with Crippen LogP contribution in [0, 0.1) is 17.8 Å². The Morgan fingerprint density at radius 2 is 1.90 bits per heavy atom. The molecule has 0 unspecified atom stereocenters. The Bertz CT molecular complexity index is 1100. The van der Waals surface area contributed by atoms with Crippen LogP contribution in [-0.4, -0.2) is 66.2 Å². The molecule has 1 saturated carbocycles. The van der Waals surface area contributed by atoms with Crippen molar-refractivity contribution in [3.05, 3.63) is 42.0 Å². The van der Waals surface area contributed by atoms with Gasteiger partial charge in [0, 0.05) is 31.5 Å². The Kier molecular flexibility index (Phi) is 8.15. The predicted molar refractivity (Wildman–Crippen MR) is 149 cm³/mol. The molecule has 1 aliphatic carbocycles. The molecular weight excluding hydrogens is 494 g/mol. The topological polar surface area (TPSA) is 97.0 Å². The molecule has 3 aliphatic heterocycles. The van der Waals surface area contributed by atoms with Crippen LogP contribution in [0.4, 0.5) is 5.69 Å². The lowest BCUT2D eigenvalue weighted by atomic mass is 9.74. The molecule has 2 saturated heterocycles. The van der Waals surface area contributed by atoms with Crippen molar-refractivity contribution in [1.29, 1.82) is 0 Å². The SMILES string of the molecule is CCOCCCN1C(=O)[C@H]2[C@H](C(=O)Nc3ccc(C(C)C)cc3)[C@H]3C=C[C@@]2(O3)[C@@H]1C(=O)N[C@@H]1CCCC[C@H]1C. The van der Waals surface area contributed by atoms with Gasteiger partial charge in [0.2, 0.25) is 17.7 Å². The average molecular weight is 538 g/mol. The smallest absolute Gasteiger partial charge is 0.246 e. The number of carbonyl (C=O) groups excluding carboxylic acids is 3. The van der Waals surface area contributed by atoms with Gasteiger partial charge in [0.05, 0.1) is 17.9 Å². The fraction of sp³-hybridized carbons (Fsp3) is 0.645. The van der Waals surface area contributed by atoms with E-state index < -0.39 is 29.6 Å². The summed E-state index contributed by atoms with van der Waals surface area (Å²) < 4.78 is 12.0. The molecule has 5 rings (SSSR count). The molecule has 8 heteroatoms. The van der Waals surface area contributed by atoms with Crippen molar-refractivity contribution in [3.63, 3.8) is 0 Å². The van der Waals surface area contributed by atoms with Crippen LogP contribution in [-0.2, 0) is 23.9 Å². The van der Waals surface area contributed by atoms with Crippen molar-refractivity contribution < 1.29 is 23.9 Å². The number of amides is 3. The maximum atomic E-state index is 14.0. The zero-order valence-electron chi connectivity index (χ0n) is 23.7. The quantitative estimate of drug-likeness (QED) is 0.347. The molecule has 0 radical (unpaired) electrons. The minimum Gasteiger partial charge on any atom is -0.382 e. The van der Waals surface area contributed by atoms with Gasteiger partial charge in [-0.25, -0.2) is 0 Å². The van der Waals surface area contributed by atoms with Crippen LogP contribution in [0.25, 0.3) is 0 Å². The second kappa shape index (κ2) is 11.4. The highest BCUT2D eigenvalue weighted by molar-refractivity contribution is 6.02. The van der Waals surface area contributed by atoms with Gasteiger partial charge in [0.15, 0.2) is 0 Å². The predicted octanol–water partition coefficient (Wildman–Crippen LogP) is 4.02. The maximum absolute atomic E-state index is 14.0. The van der Waals surface area contributed by atoms with Crippen LogP contribution in [0.5, 0.6) is 0 Å². The van der Waals surface area contributed by atoms with Gasteiger partial charge in [-0.3, -0.25) is 14.4 Å². The van der Waals surface area contributed by atoms with E-state index in [9.17, 15) is 14.4 Å². The third kappa shape index (κ3) is 5.13. The van der Waals surface area contributed by atoms with E-state index in [1.807, 2.05) is 43.3 Å². The van der Waals surface area contributed by atoms with E-state index in [-0.39, 0.29) is 23.8 Å². The highest BCUT2D eigenvalue weighted by Gasteiger charge is 2.72. The molecule has 8 nitrogen and oxygen atoms in total. The summed E-state index contributed by atoms with van der Waals surface area (Å²) in [7, 11) is 0. The van der Waals surface area contributed by atoms with Crippen LogP contribution in [0.1, 0.15) is 71.3 Å². The molecule has 4 aliphatic rings. The number of likely N-dealkylation sites (tertiary alicyclic amines) is 1. The monoisotopic (exact) mass is 537 g/mol. The first-order chi connectivity index (χ1) is 18.8. The number of fused-ring (bicyclic) bond motifs is 1. The van der Waals surface area contributed by atoms with Crippen molar-refractivity contribution >= 4 is 23.4 Å². The van der Waals surface area contributed by atoms with E-state index in [4.69, 9.17) is 9.47 Å². The first-order valence-corrected chi connectivity index (χ1v) is 14.7. The number of anilines is 1. The summed E-state index contributed by atoms with van der Waals surface area (Å²) in [4.78, 5) is 43.2. The molecule has 1 spiro atoms. The molecule has 2 bridgehead atoms. The number of hydrogen-bond acceptors (Lipinski definition) is 5. The van der Waals surface area contributed by atoms with Crippen LogP contribution < -0.4 is 10.6 Å². The Hall–Kier alpha value is -2.71. The number of nitrogens with one attached hydrogen (secondary N) is 2. The van der Waals surface area contributed by atoms with Gasteiger partial charge >= 0.3 is 0 Å². The van der Waals surface area contributed by atoms with E-state index in [2.05, 4.69) is 31.4 Å². The van der Waals surface area contributed by atoms with Crippen LogP contribution >= 0.6 is 0 Å². The zero-order chi connectivity index (χ0) is 27.7. The zero-order valence-corrected chi connectivity index (χ0v) is 23.7. The minimum absolute atomic E-state index is 0.0811. The summed E-state index contributed by atoms with van der Waals surface area (Å²) in [6.07, 6.45) is 8.09. The van der Waals surface area contributed by atoms with Crippen LogP contribution in [0.2, 0.25) is 0 Å². The third-order valence-electron chi connectivity index (χ3n) is 9.10. The molecule has 0 aromatic heterocycles. The van der Waals surface area contributed by atoms with Crippen LogP contribution in [0.15, 0.2) is 36.4 Å². The Balaban J connectivity index is 1.39. The first kappa shape index (κ1) is 27.8. The molecule has 3 fully saturated rings. The number of rotatable bonds is 10. The lowest BCUT2D eigenvalue weighted by Crippen LogP contribution is -2.57. The number of carbonyl (C=O) groups is 3. The van der Waals surface area contributed by atoms with Crippen molar-refractivity contribution in [2.24, 2.45) is 17.8 Å². The lowest BCUT2D eigenvalue weighted by molar-refractivity contribution is -0.141. The highest BCUT2D eigenvalue weighted by Crippen LogP contribution is 2.55. The Labute approximate surface area is 231 Å². The Morgan fingerprint density at radius 1 is 1.15 bits per heavy atom. The minimum atomic E-state index is -1.14. The van der Waals surface area contributed by atoms with Crippen molar-refractivity contribution in [3.8, 4) is 0 Å². The fourth-order valence-corrected chi connectivity index (χ4v) is 6.96. The van der Waals surface area contributed by atoms with E-state index in [0.717, 1.165) is 19.3 Å². The standard InChI is InChI=1S/C31H43N3O5/c1-5-38-18-8-17-34-27(29(36)33-23-10-7-6-9-20(23)4)31-16-15-24(39-31)25(26(31)30(34)37)28(35)32-22-13-11-21(12-14-22)19(2)3/h11-16,19-20,23-27H,5-10,17-18H2,1-4H3,(H,32,35)(H,33,36)/t20-,23-,24-,25-,26-,27+,31+/m1/s1. The number of nitrogens with zero attached hydrogens (tertiary/aromatic N) is 1. The molecule has 3 heterocycles. The molecular formula is C31H43N3O5. The second-order valence-corrected chi connectivity index (χ2v) is 11.9. The van der Waals surface area contributed by atoms with Gasteiger partial charge in [0.25, 0.3) is 0 Å². The molecule has 2 N–H and O–H groups in total. The van der Waals surface area contributed by atoms with E-state index in [1.54, 1.807) is 4.90 Å². The summed E-state index contributed by atoms with van der Waals surface area (Å²) in [6, 6.07) is 7.07. The average Bonchev–Trinajstić information content (AvgIpc) is 3.55. The summed E-state index contributed by atoms with van der Waals surface area (Å²) >= 11 is 0. The number of ether oxygens (including phenoxy) is 2. The molecule has 7 atom stereocenters. The molecule has 212 valence electrons. The number of benzene rings is 1. The van der Waals surface area contributed by atoms with E-state index >= 15 is 0 Å². The first-order valence-electron chi connectivity index (χ1n) is 14.7. The lowest BCUT2D eigenvalue weighted by Gasteiger charge is -2.36. The third-order valence-corrected chi connectivity index (χ3v) is 9.10. The van der Waals surface area contributed by atoms with E-state index in [0.29, 0.717) is 43.7 Å². The van der Waals surface area contributed by atoms with Gasteiger partial charge in [-0.1, -0.05) is 57.9 Å². The van der Waals surface area contributed by atoms with Gasteiger partial charge in [-0.05, 0) is 55.7 Å². The summed E-state index contributed by atoms with van der Waals surface area (Å²) in [6.45, 7) is 9.83. The van der Waals surface area contributed by atoms with Gasteiger partial charge in [-0.15, -0.1) is 0 Å². The normalized spacial score (nSPS) is 33.1. The molecule has 39 heavy (non-hydrogen) atoms. The maximum Gasteiger partial charge on any atom is 0.246 e. The van der Waals surface area contributed by atoms with E-state index in [1.165, 1.54) is 12.0 Å². The molecule has 1 aromatic carbocycles. The number of hydrogen-bond donors (Lipinski definition) is 2. The summed E-state index contributed by atoms with van der Waals surface area (Å²) in [5.41, 5.74) is 0.733. The van der Waals surface area contributed by atoms with Crippen molar-refractivity contribution in [2.45, 2.75) is 89.5 Å². The summed E-state index contributed by atoms with van der Waals surface area (Å²) in [5, 5.41) is 6.28. The van der Waals surface area contributed by atoms with Gasteiger partial charge in [0.1, 0.15) is 11.6 Å². The fourth-order valence-electron chi connectivity index (χ4n) is 6.96. The second-order valence-electron chi connectivity index (χ2n) is 11.9. The highest BCUT2D eigenvalue weighted by atomic mass is 16.5. The summed E-state index contributed by atoms with van der Waals surface area (Å²) in [5.74, 6) is -1.29.